The zero-order valence-electron chi connectivity index (χ0n) is 14.8. The van der Waals surface area contributed by atoms with Crippen LogP contribution in [0.25, 0.3) is 27.4 Å². The van der Waals surface area contributed by atoms with E-state index in [4.69, 9.17) is 11.1 Å². The number of aliphatic hydroxyl groups excluding tert-OH is 1. The number of pyridine rings is 1. The highest BCUT2D eigenvalue weighted by Gasteiger charge is 2.38. The monoisotopic (exact) mass is 389 g/mol. The van der Waals surface area contributed by atoms with Crippen LogP contribution in [0.4, 0.5) is 13.2 Å². The Labute approximate surface area is 157 Å². The lowest BCUT2D eigenvalue weighted by atomic mass is 9.84. The first-order valence-electron chi connectivity index (χ1n) is 8.87. The van der Waals surface area contributed by atoms with Gasteiger partial charge in [-0.15, -0.1) is 0 Å². The summed E-state index contributed by atoms with van der Waals surface area (Å²) in [6.45, 7) is -0.262. The van der Waals surface area contributed by atoms with E-state index in [-0.39, 0.29) is 12.3 Å². The van der Waals surface area contributed by atoms with E-state index in [1.807, 2.05) is 0 Å². The Balaban J connectivity index is 2.08. The second kappa shape index (κ2) is 6.59. The smallest absolute Gasteiger partial charge is 0.404 e. The Morgan fingerprint density at radius 1 is 1.21 bits per heavy atom. The topological polar surface area (TPSA) is 112 Å². The lowest BCUT2D eigenvalue weighted by Crippen LogP contribution is -2.25. The maximum absolute atomic E-state index is 13.2. The van der Waals surface area contributed by atoms with Gasteiger partial charge in [0.15, 0.2) is 0 Å². The van der Waals surface area contributed by atoms with Gasteiger partial charge in [-0.3, -0.25) is 10.5 Å². The zero-order valence-corrected chi connectivity index (χ0v) is 14.8. The van der Waals surface area contributed by atoms with E-state index >= 15 is 0 Å². The first-order chi connectivity index (χ1) is 13.4. The molecule has 0 amide bonds. The van der Waals surface area contributed by atoms with Crippen molar-refractivity contribution in [2.75, 3.05) is 0 Å². The molecule has 146 valence electrons. The highest BCUT2D eigenvalue weighted by molar-refractivity contribution is 6.25. The number of hydrogen-bond donors (Lipinski definition) is 4. The molecule has 6 nitrogen and oxygen atoms in total. The van der Waals surface area contributed by atoms with Crippen molar-refractivity contribution in [1.29, 1.82) is 5.41 Å². The average molecular weight is 389 g/mol. The number of aromatic amines is 1. The number of alkyl halides is 3. The lowest BCUT2D eigenvalue weighted by molar-refractivity contribution is -0.0578. The molecule has 28 heavy (non-hydrogen) atoms. The first kappa shape index (κ1) is 18.4. The van der Waals surface area contributed by atoms with Gasteiger partial charge in [0.2, 0.25) is 0 Å². The van der Waals surface area contributed by atoms with E-state index in [0.717, 1.165) is 40.9 Å². The Morgan fingerprint density at radius 3 is 2.57 bits per heavy atom. The van der Waals surface area contributed by atoms with Gasteiger partial charge in [-0.05, 0) is 48.9 Å². The van der Waals surface area contributed by atoms with Crippen LogP contribution >= 0.6 is 0 Å². The number of benzene rings is 1. The molecule has 2 aromatic heterocycles. The van der Waals surface area contributed by atoms with Gasteiger partial charge in [-0.25, -0.2) is 4.98 Å². The number of H-pyrrole nitrogens is 1. The number of nitrogens with zero attached hydrogens (tertiary/aromatic N) is 2. The predicted molar refractivity (Wildman–Crippen MR) is 99.9 cm³/mol. The molecule has 4 rings (SSSR count). The minimum atomic E-state index is -4.82. The quantitative estimate of drug-likeness (QED) is 0.515. The maximum Gasteiger partial charge on any atom is 0.433 e. The molecule has 0 spiro atoms. The third-order valence-electron chi connectivity index (χ3n) is 5.20. The minimum absolute atomic E-state index is 0.111. The van der Waals surface area contributed by atoms with E-state index in [0.29, 0.717) is 29.6 Å². The molecule has 3 aromatic rings. The molecule has 0 atom stereocenters. The summed E-state index contributed by atoms with van der Waals surface area (Å²) >= 11 is 0. The van der Waals surface area contributed by atoms with Gasteiger partial charge in [0.25, 0.3) is 0 Å². The zero-order chi connectivity index (χ0) is 20.1. The number of rotatable bonds is 3. The second-order valence-electron chi connectivity index (χ2n) is 6.79. The number of aliphatic hydroxyl groups is 1. The highest BCUT2D eigenvalue weighted by Crippen LogP contribution is 2.38. The van der Waals surface area contributed by atoms with Crippen molar-refractivity contribution in [2.24, 2.45) is 5.73 Å². The Bertz CT molecular complexity index is 1130. The summed E-state index contributed by atoms with van der Waals surface area (Å²) in [5.74, 6) is 0. The molecular weight excluding hydrogens is 371 g/mol. The summed E-state index contributed by atoms with van der Waals surface area (Å²) in [4.78, 5) is 4.49. The van der Waals surface area contributed by atoms with E-state index in [2.05, 4.69) is 15.2 Å². The van der Waals surface area contributed by atoms with Crippen LogP contribution < -0.4 is 5.73 Å². The number of allylic oxidation sites excluding steroid dienone is 1. The molecule has 5 N–H and O–H groups in total. The van der Waals surface area contributed by atoms with Gasteiger partial charge >= 0.3 is 6.18 Å². The van der Waals surface area contributed by atoms with Crippen LogP contribution in [0.15, 0.2) is 18.3 Å². The highest BCUT2D eigenvalue weighted by atomic mass is 19.4. The fourth-order valence-electron chi connectivity index (χ4n) is 3.97. The molecule has 1 aromatic carbocycles. The fraction of sp³-hybridized carbons (Fsp3) is 0.316. The maximum atomic E-state index is 13.2. The number of fused-ring (bicyclic) bond motifs is 5. The minimum Gasteiger partial charge on any atom is -0.404 e. The summed E-state index contributed by atoms with van der Waals surface area (Å²) in [7, 11) is 0. The van der Waals surface area contributed by atoms with Gasteiger partial charge in [-0.2, -0.15) is 18.3 Å². The number of nitrogens with two attached hydrogens (primary N) is 1. The van der Waals surface area contributed by atoms with E-state index in [1.165, 1.54) is 0 Å². The second-order valence-corrected chi connectivity index (χ2v) is 6.79. The molecular formula is C19H18F3N5O. The molecule has 0 unspecified atom stereocenters. The third-order valence-corrected chi connectivity index (χ3v) is 5.20. The number of aromatic nitrogens is 3. The van der Waals surface area contributed by atoms with Crippen LogP contribution in [0.1, 0.15) is 35.4 Å². The third kappa shape index (κ3) is 2.73. The van der Waals surface area contributed by atoms with Crippen molar-refractivity contribution in [2.45, 2.75) is 38.5 Å². The number of halogens is 3. The number of aryl methyl sites for hydroxylation is 1. The van der Waals surface area contributed by atoms with Crippen LogP contribution in [0.2, 0.25) is 0 Å². The van der Waals surface area contributed by atoms with Crippen LogP contribution in [0.5, 0.6) is 0 Å². The van der Waals surface area contributed by atoms with E-state index in [9.17, 15) is 18.3 Å². The van der Waals surface area contributed by atoms with Crippen LogP contribution in [0.3, 0.4) is 0 Å². The molecule has 2 heterocycles. The van der Waals surface area contributed by atoms with Gasteiger partial charge in [0, 0.05) is 22.5 Å². The van der Waals surface area contributed by atoms with Crippen LogP contribution in [-0.4, -0.2) is 32.2 Å². The first-order valence-corrected chi connectivity index (χ1v) is 8.87. The van der Waals surface area contributed by atoms with Crippen LogP contribution in [0, 0.1) is 5.41 Å². The molecule has 0 saturated heterocycles. The number of hydrogen-bond acceptors (Lipinski definition) is 5. The molecule has 1 aliphatic rings. The Kier molecular flexibility index (Phi) is 4.34. The molecule has 0 bridgehead atoms. The summed E-state index contributed by atoms with van der Waals surface area (Å²) in [6.07, 6.45) is -1.06. The normalized spacial score (nSPS) is 15.2. The largest absolute Gasteiger partial charge is 0.433 e. The van der Waals surface area contributed by atoms with Crippen molar-refractivity contribution < 1.29 is 18.3 Å². The fourth-order valence-corrected chi connectivity index (χ4v) is 3.97. The summed E-state index contributed by atoms with van der Waals surface area (Å²) < 4.78 is 39.6. The lowest BCUT2D eigenvalue weighted by Gasteiger charge is -2.23. The predicted octanol–water partition coefficient (Wildman–Crippen LogP) is 3.36. The standard InChI is InChI=1S/C19H18F3N5O/c20-19(21,22)18(24)11(7-23)17-10-4-2-1-3-9(10)15-12(25-17)5-6-13-16(15)14(8-28)27-26-13/h5-7,24,28H,1-4,8,23H2,(H,26,27)/b11-7-,24-18?. The number of nitrogens with one attached hydrogen (secondary N) is 2. The van der Waals surface area contributed by atoms with Crippen molar-refractivity contribution >= 4 is 33.1 Å². The molecule has 0 radical (unpaired) electrons. The summed E-state index contributed by atoms with van der Waals surface area (Å²) in [6, 6.07) is 3.44. The molecule has 0 fully saturated rings. The van der Waals surface area contributed by atoms with Crippen molar-refractivity contribution in [3.05, 3.63) is 40.8 Å². The van der Waals surface area contributed by atoms with Crippen molar-refractivity contribution in [3.8, 4) is 0 Å². The summed E-state index contributed by atoms with van der Waals surface area (Å²) in [5.41, 5.74) is 6.97. The SMILES string of the molecule is N=C(/C(=C\N)c1nc2ccc3[nH]nc(CO)c3c2c2c1CCCC2)C(F)(F)F. The van der Waals surface area contributed by atoms with Gasteiger partial charge in [0.1, 0.15) is 5.71 Å². The Morgan fingerprint density at radius 2 is 1.93 bits per heavy atom. The van der Waals surface area contributed by atoms with Gasteiger partial charge < -0.3 is 10.8 Å². The molecule has 1 aliphatic carbocycles. The van der Waals surface area contributed by atoms with E-state index < -0.39 is 17.5 Å². The molecule has 0 saturated carbocycles. The van der Waals surface area contributed by atoms with Crippen LogP contribution in [-0.2, 0) is 19.4 Å². The van der Waals surface area contributed by atoms with Crippen molar-refractivity contribution in [1.82, 2.24) is 15.2 Å². The Hall–Kier alpha value is -2.94. The van der Waals surface area contributed by atoms with Crippen molar-refractivity contribution in [3.63, 3.8) is 0 Å². The molecule has 0 aliphatic heterocycles. The summed E-state index contributed by atoms with van der Waals surface area (Å²) in [5, 5.41) is 25.8. The molecule has 9 heteroatoms. The average Bonchev–Trinajstić information content (AvgIpc) is 3.10. The van der Waals surface area contributed by atoms with Gasteiger partial charge in [0.05, 0.1) is 29.0 Å². The van der Waals surface area contributed by atoms with E-state index in [1.54, 1.807) is 12.1 Å². The van der Waals surface area contributed by atoms with Gasteiger partial charge in [-0.1, -0.05) is 0 Å².